The highest BCUT2D eigenvalue weighted by Gasteiger charge is 2.47. The van der Waals surface area contributed by atoms with Gasteiger partial charge in [-0.25, -0.2) is 4.99 Å². The lowest BCUT2D eigenvalue weighted by Gasteiger charge is -2.31. The van der Waals surface area contributed by atoms with Gasteiger partial charge < -0.3 is 10.1 Å². The van der Waals surface area contributed by atoms with Gasteiger partial charge in [0.05, 0.1) is 6.54 Å². The van der Waals surface area contributed by atoms with Crippen molar-refractivity contribution >= 4 is 6.02 Å². The molecule has 4 unspecified atom stereocenters. The number of hydrogen-bond donors (Lipinski definition) is 1. The van der Waals surface area contributed by atoms with Gasteiger partial charge in [-0.3, -0.25) is 0 Å². The maximum atomic E-state index is 5.45. The van der Waals surface area contributed by atoms with Crippen LogP contribution in [0, 0.1) is 17.8 Å². The molecule has 0 aromatic rings. The van der Waals surface area contributed by atoms with Crippen LogP contribution in [-0.4, -0.2) is 25.2 Å². The topological polar surface area (TPSA) is 33.6 Å². The molecule has 2 aliphatic carbocycles. The molecule has 0 spiro atoms. The fourth-order valence-electron chi connectivity index (χ4n) is 3.79. The summed E-state index contributed by atoms with van der Waals surface area (Å²) in [7, 11) is 0. The van der Waals surface area contributed by atoms with Crippen molar-refractivity contribution in [1.82, 2.24) is 5.32 Å². The summed E-state index contributed by atoms with van der Waals surface area (Å²) in [5.41, 5.74) is 0. The van der Waals surface area contributed by atoms with E-state index in [-0.39, 0.29) is 0 Å². The molecule has 1 N–H and O–H groups in total. The van der Waals surface area contributed by atoms with Gasteiger partial charge in [0.1, 0.15) is 6.61 Å². The van der Waals surface area contributed by atoms with Crippen LogP contribution in [0.3, 0.4) is 0 Å². The van der Waals surface area contributed by atoms with Crippen LogP contribution in [0.15, 0.2) is 4.99 Å². The molecule has 0 aromatic heterocycles. The molecule has 0 radical (unpaired) electrons. The largest absolute Gasteiger partial charge is 0.463 e. The number of nitrogens with one attached hydrogen (secondary N) is 1. The maximum Gasteiger partial charge on any atom is 0.285 e. The number of ether oxygens (including phenoxy) is 1. The van der Waals surface area contributed by atoms with Crippen LogP contribution in [0.4, 0.5) is 0 Å². The first kappa shape index (κ1) is 9.49. The second-order valence-electron chi connectivity index (χ2n) is 5.11. The Morgan fingerprint density at radius 2 is 2.27 bits per heavy atom. The third kappa shape index (κ3) is 1.52. The predicted molar refractivity (Wildman–Crippen MR) is 59.8 cm³/mol. The molecule has 0 aromatic carbocycles. The zero-order valence-electron chi connectivity index (χ0n) is 9.41. The maximum absolute atomic E-state index is 5.45. The first-order chi connectivity index (χ1) is 7.38. The summed E-state index contributed by atoms with van der Waals surface area (Å²) in [5.74, 6) is 2.71. The average Bonchev–Trinajstić information content (AvgIpc) is 2.91. The molecular weight excluding hydrogens is 188 g/mol. The molecule has 2 fully saturated rings. The predicted octanol–water partition coefficient (Wildman–Crippen LogP) is 1.79. The highest BCUT2D eigenvalue weighted by molar-refractivity contribution is 5.75. The summed E-state index contributed by atoms with van der Waals surface area (Å²) in [4.78, 5) is 4.33. The summed E-state index contributed by atoms with van der Waals surface area (Å²) in [6, 6.07) is 1.46. The van der Waals surface area contributed by atoms with E-state index in [1.807, 2.05) is 0 Å². The SMILES string of the molecule is CCC1C2CCC(C2)C1NC1=NCCO1. The molecule has 3 aliphatic rings. The van der Waals surface area contributed by atoms with Gasteiger partial charge in [-0.15, -0.1) is 0 Å². The lowest BCUT2D eigenvalue weighted by Crippen LogP contribution is -2.43. The minimum atomic E-state index is 0.644. The lowest BCUT2D eigenvalue weighted by molar-refractivity contribution is 0.243. The fourth-order valence-corrected chi connectivity index (χ4v) is 3.79. The lowest BCUT2D eigenvalue weighted by atomic mass is 9.83. The van der Waals surface area contributed by atoms with Gasteiger partial charge in [-0.2, -0.15) is 0 Å². The first-order valence-electron chi connectivity index (χ1n) is 6.32. The minimum Gasteiger partial charge on any atom is -0.463 e. The Hall–Kier alpha value is -0.730. The van der Waals surface area contributed by atoms with Crippen LogP contribution >= 0.6 is 0 Å². The van der Waals surface area contributed by atoms with Crippen molar-refractivity contribution in [3.05, 3.63) is 0 Å². The molecule has 1 heterocycles. The first-order valence-corrected chi connectivity index (χ1v) is 6.32. The Morgan fingerprint density at radius 1 is 1.40 bits per heavy atom. The highest BCUT2D eigenvalue weighted by atomic mass is 16.5. The zero-order valence-corrected chi connectivity index (χ0v) is 9.41. The van der Waals surface area contributed by atoms with Crippen molar-refractivity contribution in [2.45, 2.75) is 38.6 Å². The molecule has 0 amide bonds. The average molecular weight is 208 g/mol. The van der Waals surface area contributed by atoms with E-state index in [1.54, 1.807) is 0 Å². The van der Waals surface area contributed by atoms with E-state index in [4.69, 9.17) is 4.74 Å². The van der Waals surface area contributed by atoms with Crippen LogP contribution in [0.1, 0.15) is 32.6 Å². The number of amidine groups is 1. The highest BCUT2D eigenvalue weighted by Crippen LogP contribution is 2.49. The van der Waals surface area contributed by atoms with Crippen LogP contribution in [0.25, 0.3) is 0 Å². The van der Waals surface area contributed by atoms with Crippen LogP contribution in [-0.2, 0) is 4.74 Å². The van der Waals surface area contributed by atoms with E-state index in [9.17, 15) is 0 Å². The summed E-state index contributed by atoms with van der Waals surface area (Å²) in [6.07, 6.45) is 5.59. The standard InChI is InChI=1S/C12H20N2O/c1-2-10-8-3-4-9(7-8)11(10)14-12-13-5-6-15-12/h8-11H,2-7H2,1H3,(H,13,14). The summed E-state index contributed by atoms with van der Waals surface area (Å²) >= 11 is 0. The van der Waals surface area contributed by atoms with E-state index in [1.165, 1.54) is 25.7 Å². The van der Waals surface area contributed by atoms with Crippen molar-refractivity contribution in [3.8, 4) is 0 Å². The van der Waals surface area contributed by atoms with Crippen LogP contribution in [0.2, 0.25) is 0 Å². The van der Waals surface area contributed by atoms with E-state index >= 15 is 0 Å². The van der Waals surface area contributed by atoms with Gasteiger partial charge in [0.15, 0.2) is 0 Å². The zero-order chi connectivity index (χ0) is 10.3. The molecule has 84 valence electrons. The summed E-state index contributed by atoms with van der Waals surface area (Å²) in [6.45, 7) is 3.91. The molecule has 4 atom stereocenters. The van der Waals surface area contributed by atoms with E-state index < -0.39 is 0 Å². The van der Waals surface area contributed by atoms with Crippen molar-refractivity contribution in [2.75, 3.05) is 13.2 Å². The Labute approximate surface area is 91.3 Å². The second kappa shape index (κ2) is 3.69. The van der Waals surface area contributed by atoms with Gasteiger partial charge in [0.25, 0.3) is 6.02 Å². The smallest absolute Gasteiger partial charge is 0.285 e. The van der Waals surface area contributed by atoms with Gasteiger partial charge in [-0.05, 0) is 37.0 Å². The molecule has 15 heavy (non-hydrogen) atoms. The Morgan fingerprint density at radius 3 is 3.00 bits per heavy atom. The molecule has 1 aliphatic heterocycles. The van der Waals surface area contributed by atoms with E-state index in [2.05, 4.69) is 17.2 Å². The molecule has 3 rings (SSSR count). The minimum absolute atomic E-state index is 0.644. The van der Waals surface area contributed by atoms with E-state index in [0.717, 1.165) is 36.9 Å². The van der Waals surface area contributed by atoms with Gasteiger partial charge in [0, 0.05) is 6.04 Å². The molecule has 2 bridgehead atoms. The van der Waals surface area contributed by atoms with E-state index in [0.29, 0.717) is 6.04 Å². The van der Waals surface area contributed by atoms with Crippen molar-refractivity contribution in [1.29, 1.82) is 0 Å². The molecule has 2 saturated carbocycles. The van der Waals surface area contributed by atoms with Crippen molar-refractivity contribution in [3.63, 3.8) is 0 Å². The van der Waals surface area contributed by atoms with Crippen molar-refractivity contribution < 1.29 is 4.74 Å². The quantitative estimate of drug-likeness (QED) is 0.750. The fraction of sp³-hybridized carbons (Fsp3) is 0.917. The molecule has 3 heteroatoms. The Kier molecular flexibility index (Phi) is 2.33. The van der Waals surface area contributed by atoms with Gasteiger partial charge in [-0.1, -0.05) is 13.3 Å². The monoisotopic (exact) mass is 208 g/mol. The molecular formula is C12H20N2O. The third-order valence-electron chi connectivity index (χ3n) is 4.44. The molecule has 0 saturated heterocycles. The second-order valence-corrected chi connectivity index (χ2v) is 5.11. The Bertz CT molecular complexity index is 277. The van der Waals surface area contributed by atoms with Crippen molar-refractivity contribution in [2.24, 2.45) is 22.7 Å². The molecule has 3 nitrogen and oxygen atoms in total. The van der Waals surface area contributed by atoms with Gasteiger partial charge >= 0.3 is 0 Å². The third-order valence-corrected chi connectivity index (χ3v) is 4.44. The van der Waals surface area contributed by atoms with Gasteiger partial charge in [0.2, 0.25) is 0 Å². The number of rotatable bonds is 2. The number of hydrogen-bond acceptors (Lipinski definition) is 3. The van der Waals surface area contributed by atoms with Crippen LogP contribution in [0.5, 0.6) is 0 Å². The Balaban J connectivity index is 1.69. The number of fused-ring (bicyclic) bond motifs is 2. The summed E-state index contributed by atoms with van der Waals surface area (Å²) in [5, 5.41) is 3.54. The number of aliphatic imine (C=N–C) groups is 1. The normalized spacial score (nSPS) is 42.9. The summed E-state index contributed by atoms with van der Waals surface area (Å²) < 4.78 is 5.45. The number of nitrogens with zero attached hydrogens (tertiary/aromatic N) is 1. The van der Waals surface area contributed by atoms with Crippen LogP contribution < -0.4 is 5.32 Å².